The fourth-order valence-electron chi connectivity index (χ4n) is 3.02. The van der Waals surface area contributed by atoms with Crippen molar-refractivity contribution in [2.45, 2.75) is 49.1 Å². The van der Waals surface area contributed by atoms with E-state index in [9.17, 15) is 9.59 Å². The third kappa shape index (κ3) is 4.92. The number of hydrogen-bond acceptors (Lipinski definition) is 6. The van der Waals surface area contributed by atoms with E-state index < -0.39 is 0 Å². The monoisotopic (exact) mass is 389 g/mol. The zero-order chi connectivity index (χ0) is 18.4. The van der Waals surface area contributed by atoms with Gasteiger partial charge in [0.15, 0.2) is 10.1 Å². The van der Waals surface area contributed by atoms with Crippen LogP contribution in [0.1, 0.15) is 44.6 Å². The number of aromatic nitrogens is 2. The largest absolute Gasteiger partial charge is 0.298 e. The lowest BCUT2D eigenvalue weighted by molar-refractivity contribution is -0.131. The Kier molecular flexibility index (Phi) is 6.80. The summed E-state index contributed by atoms with van der Waals surface area (Å²) in [7, 11) is 0. The average molecular weight is 390 g/mol. The molecule has 1 aliphatic heterocycles. The number of rotatable bonds is 8. The Morgan fingerprint density at radius 2 is 2.00 bits per heavy atom. The number of nitrogens with zero attached hydrogens (tertiary/aromatic N) is 3. The van der Waals surface area contributed by atoms with Gasteiger partial charge in [-0.25, -0.2) is 0 Å². The summed E-state index contributed by atoms with van der Waals surface area (Å²) >= 11 is 2.99. The van der Waals surface area contributed by atoms with Gasteiger partial charge < -0.3 is 0 Å². The molecule has 5 nitrogen and oxygen atoms in total. The molecule has 1 aliphatic rings. The second kappa shape index (κ2) is 9.28. The maximum absolute atomic E-state index is 12.8. The predicted octanol–water partition coefficient (Wildman–Crippen LogP) is 4.33. The molecule has 0 saturated carbocycles. The second-order valence-corrected chi connectivity index (χ2v) is 8.66. The van der Waals surface area contributed by atoms with Crippen molar-refractivity contribution in [3.63, 3.8) is 0 Å². The predicted molar refractivity (Wildman–Crippen MR) is 106 cm³/mol. The minimum Gasteiger partial charge on any atom is -0.298 e. The van der Waals surface area contributed by atoms with E-state index in [1.807, 2.05) is 18.2 Å². The first-order valence-electron chi connectivity index (χ1n) is 9.00. The summed E-state index contributed by atoms with van der Waals surface area (Å²) in [5.41, 5.74) is 1.22. The minimum atomic E-state index is -0.202. The smallest absolute Gasteiger partial charge is 0.232 e. The highest BCUT2D eigenvalue weighted by atomic mass is 32.2. The third-order valence-electron chi connectivity index (χ3n) is 4.41. The topological polar surface area (TPSA) is 63.2 Å². The fourth-order valence-corrected chi connectivity index (χ4v) is 4.82. The molecule has 0 N–H and O–H groups in total. The van der Waals surface area contributed by atoms with Crippen molar-refractivity contribution in [1.29, 1.82) is 0 Å². The Morgan fingerprint density at radius 3 is 2.77 bits per heavy atom. The summed E-state index contributed by atoms with van der Waals surface area (Å²) in [6.45, 7) is 2.26. The first-order valence-corrected chi connectivity index (χ1v) is 10.8. The number of amides is 1. The molecule has 1 aromatic heterocycles. The average Bonchev–Trinajstić information content (AvgIpc) is 3.12. The number of Topliss-reactive ketones (excluding diaryl/α,β-unsaturated/α-hetero) is 1. The molecule has 7 heteroatoms. The molecule has 0 radical (unpaired) electrons. The van der Waals surface area contributed by atoms with Crippen LogP contribution < -0.4 is 4.90 Å². The number of anilines is 1. The van der Waals surface area contributed by atoms with Crippen molar-refractivity contribution < 1.29 is 9.59 Å². The molecule has 1 aromatic carbocycles. The maximum atomic E-state index is 12.8. The van der Waals surface area contributed by atoms with Gasteiger partial charge in [-0.1, -0.05) is 79.6 Å². The van der Waals surface area contributed by atoms with Crippen LogP contribution in [0.5, 0.6) is 0 Å². The van der Waals surface area contributed by atoms with Crippen LogP contribution in [0, 0.1) is 5.92 Å². The van der Waals surface area contributed by atoms with Crippen molar-refractivity contribution in [2.24, 2.45) is 5.92 Å². The summed E-state index contributed by atoms with van der Waals surface area (Å²) in [4.78, 5) is 26.4. The highest BCUT2D eigenvalue weighted by Gasteiger charge is 2.35. The number of carbonyl (C=O) groups excluding carboxylic acids is 2. The zero-order valence-electron chi connectivity index (χ0n) is 14.9. The lowest BCUT2D eigenvalue weighted by Gasteiger charge is -2.29. The summed E-state index contributed by atoms with van der Waals surface area (Å²) in [5, 5.41) is 8.90. The molecule has 0 aliphatic carbocycles. The van der Waals surface area contributed by atoms with Gasteiger partial charge in [-0.15, -0.1) is 10.2 Å². The zero-order valence-corrected chi connectivity index (χ0v) is 16.5. The van der Waals surface area contributed by atoms with E-state index in [2.05, 4.69) is 29.3 Å². The Hall–Kier alpha value is -1.73. The van der Waals surface area contributed by atoms with Crippen LogP contribution in [0.4, 0.5) is 5.13 Å². The Morgan fingerprint density at radius 1 is 1.19 bits per heavy atom. The molecule has 138 valence electrons. The van der Waals surface area contributed by atoms with E-state index in [4.69, 9.17) is 0 Å². The van der Waals surface area contributed by atoms with Gasteiger partial charge in [0.05, 0.1) is 6.54 Å². The normalized spacial score (nSPS) is 17.7. The molecule has 2 heterocycles. The van der Waals surface area contributed by atoms with Crippen molar-refractivity contribution >= 4 is 39.9 Å². The van der Waals surface area contributed by atoms with E-state index in [0.29, 0.717) is 11.6 Å². The number of carbonyl (C=O) groups is 2. The number of unbranched alkanes of at least 4 members (excludes halogenated alkanes) is 2. The van der Waals surface area contributed by atoms with Crippen LogP contribution in [0.25, 0.3) is 0 Å². The molecule has 1 unspecified atom stereocenters. The first-order chi connectivity index (χ1) is 12.7. The van der Waals surface area contributed by atoms with Crippen molar-refractivity contribution in [3.8, 4) is 0 Å². The summed E-state index contributed by atoms with van der Waals surface area (Å²) < 4.78 is 0.817. The van der Waals surface area contributed by atoms with Gasteiger partial charge in [-0.05, 0) is 12.0 Å². The fraction of sp³-hybridized carbons (Fsp3) is 0.474. The van der Waals surface area contributed by atoms with Gasteiger partial charge in [-0.2, -0.15) is 0 Å². The van der Waals surface area contributed by atoms with Gasteiger partial charge >= 0.3 is 0 Å². The Bertz CT molecular complexity index is 748. The van der Waals surface area contributed by atoms with Gasteiger partial charge in [0, 0.05) is 18.1 Å². The summed E-state index contributed by atoms with van der Waals surface area (Å²) in [5.74, 6) is 0.741. The van der Waals surface area contributed by atoms with Gasteiger partial charge in [0.25, 0.3) is 0 Å². The lowest BCUT2D eigenvalue weighted by Crippen LogP contribution is -2.45. The molecule has 0 spiro atoms. The van der Waals surface area contributed by atoms with E-state index in [-0.39, 0.29) is 24.2 Å². The van der Waals surface area contributed by atoms with Gasteiger partial charge in [0.2, 0.25) is 11.0 Å². The quantitative estimate of drug-likeness (QED) is 0.382. The number of benzene rings is 1. The molecule has 1 atom stereocenters. The molecular formula is C19H23N3O2S2. The van der Waals surface area contributed by atoms with Crippen molar-refractivity contribution in [2.75, 3.05) is 11.4 Å². The van der Waals surface area contributed by atoms with Crippen molar-refractivity contribution in [1.82, 2.24) is 10.2 Å². The van der Waals surface area contributed by atoms with Crippen LogP contribution in [-0.4, -0.2) is 28.4 Å². The Labute approximate surface area is 162 Å². The maximum Gasteiger partial charge on any atom is 0.232 e. The Balaban J connectivity index is 1.63. The van der Waals surface area contributed by atoms with Crippen LogP contribution in [-0.2, 0) is 15.3 Å². The van der Waals surface area contributed by atoms with Crippen molar-refractivity contribution in [3.05, 3.63) is 35.9 Å². The molecule has 26 heavy (non-hydrogen) atoms. The van der Waals surface area contributed by atoms with E-state index in [1.54, 1.807) is 11.8 Å². The van der Waals surface area contributed by atoms with Crippen LogP contribution in [0.3, 0.4) is 0 Å². The molecule has 0 bridgehead atoms. The highest BCUT2D eigenvalue weighted by molar-refractivity contribution is 8.00. The second-order valence-electron chi connectivity index (χ2n) is 6.48. The lowest BCUT2D eigenvalue weighted by atomic mass is 9.91. The number of ketones is 1. The van der Waals surface area contributed by atoms with Crippen LogP contribution >= 0.6 is 23.1 Å². The van der Waals surface area contributed by atoms with E-state index in [1.165, 1.54) is 21.8 Å². The molecule has 3 rings (SSSR count). The number of thioether (sulfide) groups is 1. The van der Waals surface area contributed by atoms with Crippen LogP contribution in [0.2, 0.25) is 0 Å². The number of hydrogen-bond donors (Lipinski definition) is 0. The molecule has 2 aromatic rings. The van der Waals surface area contributed by atoms with E-state index >= 15 is 0 Å². The van der Waals surface area contributed by atoms with Crippen LogP contribution in [0.15, 0.2) is 34.7 Å². The van der Waals surface area contributed by atoms with E-state index in [0.717, 1.165) is 35.8 Å². The molecule has 1 saturated heterocycles. The molecular weight excluding hydrogens is 366 g/mol. The molecule has 1 amide bonds. The third-order valence-corrected chi connectivity index (χ3v) is 6.56. The summed E-state index contributed by atoms with van der Waals surface area (Å²) in [6.07, 6.45) is 4.34. The van der Waals surface area contributed by atoms with Gasteiger partial charge in [0.1, 0.15) is 0 Å². The first kappa shape index (κ1) is 19.0. The SMILES string of the molecule is CCCCCC1CC(=O)CN(c2nnc(SCc3ccccc3)s2)C1=O. The number of piperidine rings is 1. The van der Waals surface area contributed by atoms with Gasteiger partial charge in [-0.3, -0.25) is 14.5 Å². The standard InChI is InChI=1S/C19H23N3O2S2/c1-2-3-5-10-15-11-16(23)12-22(17(15)24)18-20-21-19(26-18)25-13-14-8-6-4-7-9-14/h4,6-9,15H,2-3,5,10-13H2,1H3. The molecule has 1 fully saturated rings. The highest BCUT2D eigenvalue weighted by Crippen LogP contribution is 2.33. The summed E-state index contributed by atoms with van der Waals surface area (Å²) in [6, 6.07) is 10.2. The minimum absolute atomic E-state index is 0.0245.